The van der Waals surface area contributed by atoms with E-state index >= 15 is 0 Å². The lowest BCUT2D eigenvalue weighted by Gasteiger charge is -2.25. The van der Waals surface area contributed by atoms with Crippen molar-refractivity contribution in [2.24, 2.45) is 16.6 Å². The fraction of sp³-hybridized carbons (Fsp3) is 0.562. The van der Waals surface area contributed by atoms with Crippen LogP contribution in [0.4, 0.5) is 5.69 Å². The van der Waals surface area contributed by atoms with E-state index in [2.05, 4.69) is 37.1 Å². The summed E-state index contributed by atoms with van der Waals surface area (Å²) >= 11 is 0. The van der Waals surface area contributed by atoms with E-state index in [1.54, 1.807) is 0 Å². The van der Waals surface area contributed by atoms with Crippen LogP contribution in [0, 0.1) is 19.8 Å². The Kier molecular flexibility index (Phi) is 4.33. The Morgan fingerprint density at radius 2 is 2.05 bits per heavy atom. The first-order valence-electron chi connectivity index (χ1n) is 7.27. The molecule has 0 aliphatic heterocycles. The number of hydrogen-bond acceptors (Lipinski definition) is 2. The lowest BCUT2D eigenvalue weighted by Crippen LogP contribution is -2.36. The van der Waals surface area contributed by atoms with Crippen molar-refractivity contribution in [2.75, 3.05) is 11.9 Å². The number of nitrogens with one attached hydrogen (secondary N) is 1. The molecule has 2 atom stereocenters. The number of aliphatic imine (C=N–C) groups is 1. The molecule has 1 aliphatic rings. The highest BCUT2D eigenvalue weighted by molar-refractivity contribution is 5.92. The van der Waals surface area contributed by atoms with Gasteiger partial charge in [0.25, 0.3) is 0 Å². The number of anilines is 1. The Balaban J connectivity index is 2.00. The molecule has 110 valence electrons. The van der Waals surface area contributed by atoms with E-state index < -0.39 is 5.60 Å². The average molecular weight is 275 g/mol. The summed E-state index contributed by atoms with van der Waals surface area (Å²) in [4.78, 5) is 4.32. The van der Waals surface area contributed by atoms with Crippen LogP contribution in [0.3, 0.4) is 0 Å². The topological polar surface area (TPSA) is 70.6 Å². The molecule has 4 nitrogen and oxygen atoms in total. The molecule has 0 bridgehead atoms. The molecule has 0 saturated heterocycles. The minimum atomic E-state index is -0.686. The van der Waals surface area contributed by atoms with Gasteiger partial charge >= 0.3 is 0 Å². The van der Waals surface area contributed by atoms with E-state index in [0.29, 0.717) is 18.4 Å². The Labute approximate surface area is 121 Å². The molecular formula is C16H25N3O. The van der Waals surface area contributed by atoms with Gasteiger partial charge in [0.1, 0.15) is 0 Å². The van der Waals surface area contributed by atoms with Crippen LogP contribution in [0.15, 0.2) is 23.2 Å². The maximum Gasteiger partial charge on any atom is 0.193 e. The number of nitrogens with two attached hydrogens (primary N) is 1. The van der Waals surface area contributed by atoms with Gasteiger partial charge < -0.3 is 16.2 Å². The lowest BCUT2D eigenvalue weighted by atomic mass is 9.93. The summed E-state index contributed by atoms with van der Waals surface area (Å²) in [5.74, 6) is 0.655. The summed E-state index contributed by atoms with van der Waals surface area (Å²) in [6.07, 6.45) is 2.95. The predicted molar refractivity (Wildman–Crippen MR) is 84.0 cm³/mol. The van der Waals surface area contributed by atoms with Gasteiger partial charge in [-0.25, -0.2) is 0 Å². The number of aliphatic hydroxyl groups is 1. The second-order valence-corrected chi connectivity index (χ2v) is 6.10. The minimum absolute atomic E-state index is 0.292. The van der Waals surface area contributed by atoms with Crippen molar-refractivity contribution in [2.45, 2.75) is 45.6 Å². The van der Waals surface area contributed by atoms with Crippen LogP contribution in [0.2, 0.25) is 0 Å². The molecule has 1 aromatic rings. The van der Waals surface area contributed by atoms with Crippen molar-refractivity contribution in [3.8, 4) is 0 Å². The fourth-order valence-corrected chi connectivity index (χ4v) is 2.92. The van der Waals surface area contributed by atoms with Crippen LogP contribution in [0.5, 0.6) is 0 Å². The average Bonchev–Trinajstić information content (AvgIpc) is 2.66. The third-order valence-corrected chi connectivity index (χ3v) is 4.18. The first-order valence-corrected chi connectivity index (χ1v) is 7.27. The monoisotopic (exact) mass is 275 g/mol. The van der Waals surface area contributed by atoms with Gasteiger partial charge in [0.15, 0.2) is 5.96 Å². The van der Waals surface area contributed by atoms with Crippen molar-refractivity contribution in [1.29, 1.82) is 0 Å². The molecule has 1 fully saturated rings. The van der Waals surface area contributed by atoms with Gasteiger partial charge in [0.2, 0.25) is 0 Å². The van der Waals surface area contributed by atoms with E-state index in [0.717, 1.165) is 24.9 Å². The number of rotatable bonds is 3. The zero-order chi connectivity index (χ0) is 14.8. The van der Waals surface area contributed by atoms with E-state index in [9.17, 15) is 5.11 Å². The van der Waals surface area contributed by atoms with Gasteiger partial charge in [-0.1, -0.05) is 19.4 Å². The molecule has 2 rings (SSSR count). The van der Waals surface area contributed by atoms with Crippen LogP contribution in [0.25, 0.3) is 0 Å². The summed E-state index contributed by atoms with van der Waals surface area (Å²) < 4.78 is 0. The van der Waals surface area contributed by atoms with Gasteiger partial charge in [-0.05, 0) is 55.9 Å². The molecule has 0 spiro atoms. The highest BCUT2D eigenvalue weighted by atomic mass is 16.3. The standard InChI is InChI=1S/C16H25N3O/c1-11-7-12(2)9-14(8-11)19-15(17)18-10-16(20)6-4-5-13(16)3/h7-9,13,20H,4-6,10H2,1-3H3,(H3,17,18,19). The van der Waals surface area contributed by atoms with Crippen molar-refractivity contribution >= 4 is 11.6 Å². The first-order chi connectivity index (χ1) is 9.39. The van der Waals surface area contributed by atoms with Crippen LogP contribution in [-0.2, 0) is 0 Å². The smallest absolute Gasteiger partial charge is 0.193 e. The SMILES string of the molecule is Cc1cc(C)cc(NC(N)=NCC2(O)CCCC2C)c1. The number of nitrogens with zero attached hydrogens (tertiary/aromatic N) is 1. The van der Waals surface area contributed by atoms with Crippen LogP contribution in [-0.4, -0.2) is 23.2 Å². The summed E-state index contributed by atoms with van der Waals surface area (Å²) in [6, 6.07) is 6.17. The summed E-state index contributed by atoms with van der Waals surface area (Å²) in [7, 11) is 0. The van der Waals surface area contributed by atoms with E-state index in [1.165, 1.54) is 11.1 Å². The lowest BCUT2D eigenvalue weighted by molar-refractivity contribution is 0.0187. The number of hydrogen-bond donors (Lipinski definition) is 3. The predicted octanol–water partition coefficient (Wildman–Crippen LogP) is 2.58. The summed E-state index contributed by atoms with van der Waals surface area (Å²) in [6.45, 7) is 6.55. The molecule has 4 heteroatoms. The largest absolute Gasteiger partial charge is 0.388 e. The molecule has 1 aliphatic carbocycles. The van der Waals surface area contributed by atoms with Crippen molar-refractivity contribution < 1.29 is 5.11 Å². The second kappa shape index (κ2) is 5.83. The summed E-state index contributed by atoms with van der Waals surface area (Å²) in [5, 5.41) is 13.6. The molecule has 0 aromatic heterocycles. The first kappa shape index (κ1) is 14.9. The van der Waals surface area contributed by atoms with Gasteiger partial charge in [-0.2, -0.15) is 0 Å². The highest BCUT2D eigenvalue weighted by Gasteiger charge is 2.37. The maximum absolute atomic E-state index is 10.5. The molecule has 2 unspecified atom stereocenters. The number of aryl methyl sites for hydroxylation is 2. The minimum Gasteiger partial charge on any atom is -0.388 e. The summed E-state index contributed by atoms with van der Waals surface area (Å²) in [5.41, 5.74) is 8.54. The van der Waals surface area contributed by atoms with Gasteiger partial charge in [-0.3, -0.25) is 4.99 Å². The van der Waals surface area contributed by atoms with Gasteiger partial charge in [-0.15, -0.1) is 0 Å². The van der Waals surface area contributed by atoms with Gasteiger partial charge in [0.05, 0.1) is 12.1 Å². The van der Waals surface area contributed by atoms with Gasteiger partial charge in [0, 0.05) is 5.69 Å². The Morgan fingerprint density at radius 3 is 2.60 bits per heavy atom. The normalized spacial score (nSPS) is 26.8. The quantitative estimate of drug-likeness (QED) is 0.586. The molecule has 0 heterocycles. The number of benzene rings is 1. The molecule has 1 aromatic carbocycles. The van der Waals surface area contributed by atoms with E-state index in [1.807, 2.05) is 12.1 Å². The zero-order valence-electron chi connectivity index (χ0n) is 12.6. The Hall–Kier alpha value is -1.55. The molecule has 4 N–H and O–H groups in total. The maximum atomic E-state index is 10.5. The second-order valence-electron chi connectivity index (χ2n) is 6.10. The zero-order valence-corrected chi connectivity index (χ0v) is 12.6. The Morgan fingerprint density at radius 1 is 1.40 bits per heavy atom. The molecule has 20 heavy (non-hydrogen) atoms. The van der Waals surface area contributed by atoms with E-state index in [4.69, 9.17) is 5.73 Å². The highest BCUT2D eigenvalue weighted by Crippen LogP contribution is 2.35. The van der Waals surface area contributed by atoms with Crippen molar-refractivity contribution in [3.63, 3.8) is 0 Å². The molecule has 0 radical (unpaired) electrons. The van der Waals surface area contributed by atoms with Crippen LogP contribution < -0.4 is 11.1 Å². The van der Waals surface area contributed by atoms with Crippen LogP contribution >= 0.6 is 0 Å². The fourth-order valence-electron chi connectivity index (χ4n) is 2.92. The Bertz CT molecular complexity index is 492. The number of guanidine groups is 1. The van der Waals surface area contributed by atoms with Crippen LogP contribution in [0.1, 0.15) is 37.3 Å². The van der Waals surface area contributed by atoms with Crippen molar-refractivity contribution in [3.05, 3.63) is 29.3 Å². The van der Waals surface area contributed by atoms with E-state index in [-0.39, 0.29) is 0 Å². The third kappa shape index (κ3) is 3.51. The third-order valence-electron chi connectivity index (χ3n) is 4.18. The van der Waals surface area contributed by atoms with Crippen molar-refractivity contribution in [1.82, 2.24) is 0 Å². The molecular weight excluding hydrogens is 250 g/mol. The molecule has 1 saturated carbocycles. The molecule has 0 amide bonds.